The molecule has 0 fully saturated rings. The first-order valence-corrected chi connectivity index (χ1v) is 18.1. The van der Waals surface area contributed by atoms with Crippen LogP contribution in [0.2, 0.25) is 0 Å². The first-order valence-electron chi connectivity index (χ1n) is 15.9. The third kappa shape index (κ3) is 10.1. The fourth-order valence-corrected chi connectivity index (χ4v) is 8.44. The van der Waals surface area contributed by atoms with E-state index in [2.05, 4.69) is 25.9 Å². The smallest absolute Gasteiger partial charge is 0.270 e. The number of aliphatic hydroxyl groups is 1. The molecule has 0 aliphatic rings. The summed E-state index contributed by atoms with van der Waals surface area (Å²) in [5.74, 6) is -2.94. The monoisotopic (exact) mass is 723 g/mol. The lowest BCUT2D eigenvalue weighted by Gasteiger charge is -2.31. The van der Waals surface area contributed by atoms with E-state index < -0.39 is 64.8 Å². The fraction of sp³-hybridized carbons (Fsp3) is 0.353. The lowest BCUT2D eigenvalue weighted by molar-refractivity contribution is -0.128. The van der Waals surface area contributed by atoms with Crippen molar-refractivity contribution in [3.63, 3.8) is 0 Å². The molecule has 0 aliphatic carbocycles. The molecular weight excluding hydrogens is 683 g/mol. The van der Waals surface area contributed by atoms with Crippen LogP contribution in [-0.2, 0) is 30.8 Å². The second-order valence-corrected chi connectivity index (χ2v) is 15.4. The van der Waals surface area contributed by atoms with E-state index in [1.165, 1.54) is 19.9 Å². The molecule has 6 N–H and O–H groups in total. The standard InChI is InChI=1S/C34H41N7O7S2/c1-20(2)18-41(50(47,48)33-21(3)36-34(49-33)37-22(4)42)19-29(43)27(16-23-10-6-5-7-11-23)39-32(46)28(17-30(35)44)40-31(45)26-15-14-24-12-8-9-13-25(24)38-26/h5-15,20,27-29,43H,16-19H2,1-4H3,(H2,35,44)(H,39,46)(H,40,45)(H,36,37,42)/t27-,28-,29+/m0/s1. The summed E-state index contributed by atoms with van der Waals surface area (Å²) in [4.78, 5) is 59.1. The highest BCUT2D eigenvalue weighted by atomic mass is 32.2. The van der Waals surface area contributed by atoms with Crippen LogP contribution in [0.4, 0.5) is 5.13 Å². The maximum atomic E-state index is 14.0. The minimum Gasteiger partial charge on any atom is -0.390 e. The van der Waals surface area contributed by atoms with Crippen molar-refractivity contribution in [2.45, 2.75) is 62.9 Å². The topological polar surface area (TPSA) is 214 Å². The highest BCUT2D eigenvalue weighted by Crippen LogP contribution is 2.30. The Morgan fingerprint density at radius 3 is 2.28 bits per heavy atom. The van der Waals surface area contributed by atoms with Crippen LogP contribution in [0.1, 0.15) is 48.9 Å². The minimum absolute atomic E-state index is 0.0152. The minimum atomic E-state index is -4.23. The van der Waals surface area contributed by atoms with E-state index >= 15 is 0 Å². The first kappa shape index (κ1) is 38.0. The zero-order chi connectivity index (χ0) is 36.6. The lowest BCUT2D eigenvalue weighted by Crippen LogP contribution is -2.56. The lowest BCUT2D eigenvalue weighted by atomic mass is 10.00. The molecule has 2 aromatic carbocycles. The molecule has 3 atom stereocenters. The molecule has 16 heteroatoms. The Kier molecular flexibility index (Phi) is 12.7. The van der Waals surface area contributed by atoms with E-state index in [1.54, 1.807) is 48.5 Å². The first-order chi connectivity index (χ1) is 23.6. The van der Waals surface area contributed by atoms with Gasteiger partial charge in [-0.3, -0.25) is 19.2 Å². The second kappa shape index (κ2) is 16.8. The molecular formula is C34H41N7O7S2. The molecule has 0 aliphatic heterocycles. The number of aliphatic hydroxyl groups excluding tert-OH is 1. The van der Waals surface area contributed by atoms with Crippen LogP contribution in [-0.4, -0.2) is 82.7 Å². The van der Waals surface area contributed by atoms with Crippen LogP contribution < -0.4 is 21.7 Å². The van der Waals surface area contributed by atoms with E-state index in [-0.39, 0.29) is 39.6 Å². The predicted octanol–water partition coefficient (Wildman–Crippen LogP) is 2.37. The molecule has 0 bridgehead atoms. The number of nitrogens with zero attached hydrogens (tertiary/aromatic N) is 3. The van der Waals surface area contributed by atoms with Gasteiger partial charge in [0.15, 0.2) is 9.34 Å². The normalized spacial score (nSPS) is 13.5. The average molecular weight is 724 g/mol. The van der Waals surface area contributed by atoms with E-state index in [1.807, 2.05) is 26.0 Å². The van der Waals surface area contributed by atoms with Gasteiger partial charge in [-0.05, 0) is 37.0 Å². The molecule has 14 nitrogen and oxygen atoms in total. The molecule has 0 unspecified atom stereocenters. The summed E-state index contributed by atoms with van der Waals surface area (Å²) in [6, 6.07) is 16.8. The number of benzene rings is 2. The number of aromatic nitrogens is 2. The third-order valence-corrected chi connectivity index (χ3v) is 11.0. The number of thiazole rings is 1. The van der Waals surface area contributed by atoms with Gasteiger partial charge in [0, 0.05) is 25.4 Å². The third-order valence-electron chi connectivity index (χ3n) is 7.52. The van der Waals surface area contributed by atoms with Crippen molar-refractivity contribution in [3.8, 4) is 0 Å². The summed E-state index contributed by atoms with van der Waals surface area (Å²) >= 11 is 0.800. The number of nitrogens with two attached hydrogens (primary N) is 1. The Bertz CT molecular complexity index is 1950. The number of anilines is 1. The number of fused-ring (bicyclic) bond motifs is 1. The molecule has 2 aromatic heterocycles. The number of carbonyl (C=O) groups excluding carboxylic acids is 4. The van der Waals surface area contributed by atoms with Crippen LogP contribution in [0, 0.1) is 12.8 Å². The zero-order valence-electron chi connectivity index (χ0n) is 28.1. The molecule has 266 valence electrons. The number of carbonyl (C=O) groups is 4. The molecule has 0 spiro atoms. The number of aryl methyl sites for hydroxylation is 1. The molecule has 4 aromatic rings. The van der Waals surface area contributed by atoms with E-state index in [0.717, 1.165) is 26.6 Å². The van der Waals surface area contributed by atoms with Crippen LogP contribution in [0.15, 0.2) is 70.9 Å². The molecule has 0 saturated carbocycles. The maximum absolute atomic E-state index is 14.0. The molecule has 0 radical (unpaired) electrons. The largest absolute Gasteiger partial charge is 0.390 e. The van der Waals surface area contributed by atoms with Gasteiger partial charge in [0.2, 0.25) is 17.7 Å². The highest BCUT2D eigenvalue weighted by molar-refractivity contribution is 7.91. The van der Waals surface area contributed by atoms with Gasteiger partial charge < -0.3 is 26.8 Å². The summed E-state index contributed by atoms with van der Waals surface area (Å²) < 4.78 is 29.0. The number of nitrogens with one attached hydrogen (secondary N) is 3. The predicted molar refractivity (Wildman–Crippen MR) is 190 cm³/mol. The van der Waals surface area contributed by atoms with Crippen molar-refractivity contribution in [1.82, 2.24) is 24.9 Å². The second-order valence-electron chi connectivity index (χ2n) is 12.2. The Morgan fingerprint density at radius 1 is 0.940 bits per heavy atom. The van der Waals surface area contributed by atoms with E-state index in [0.29, 0.717) is 5.52 Å². The van der Waals surface area contributed by atoms with Gasteiger partial charge in [-0.15, -0.1) is 0 Å². The van der Waals surface area contributed by atoms with Crippen molar-refractivity contribution in [1.29, 1.82) is 0 Å². The molecule has 2 heterocycles. The Hall–Kier alpha value is -4.77. The summed E-state index contributed by atoms with van der Waals surface area (Å²) in [6.45, 7) is 6.05. The number of rotatable bonds is 16. The van der Waals surface area contributed by atoms with Gasteiger partial charge in [-0.1, -0.05) is 79.8 Å². The summed E-state index contributed by atoms with van der Waals surface area (Å²) in [6.07, 6.45) is -1.92. The van der Waals surface area contributed by atoms with Crippen molar-refractivity contribution < 1.29 is 32.7 Å². The zero-order valence-corrected chi connectivity index (χ0v) is 29.8. The Balaban J connectivity index is 1.61. The van der Waals surface area contributed by atoms with Crippen LogP contribution in [0.3, 0.4) is 0 Å². The highest BCUT2D eigenvalue weighted by Gasteiger charge is 2.35. The van der Waals surface area contributed by atoms with Gasteiger partial charge >= 0.3 is 0 Å². The average Bonchev–Trinajstić information content (AvgIpc) is 3.43. The van der Waals surface area contributed by atoms with Crippen molar-refractivity contribution in [2.24, 2.45) is 11.7 Å². The van der Waals surface area contributed by atoms with Crippen LogP contribution in [0.25, 0.3) is 10.9 Å². The summed E-state index contributed by atoms with van der Waals surface area (Å²) in [5.41, 5.74) is 6.94. The molecule has 0 saturated heterocycles. The number of hydrogen-bond donors (Lipinski definition) is 5. The summed E-state index contributed by atoms with van der Waals surface area (Å²) in [7, 11) is -4.23. The van der Waals surface area contributed by atoms with E-state index in [9.17, 15) is 32.7 Å². The van der Waals surface area contributed by atoms with Gasteiger partial charge in [-0.25, -0.2) is 18.4 Å². The van der Waals surface area contributed by atoms with Gasteiger partial charge in [0.25, 0.3) is 15.9 Å². The van der Waals surface area contributed by atoms with Crippen LogP contribution in [0.5, 0.6) is 0 Å². The Morgan fingerprint density at radius 2 is 1.62 bits per heavy atom. The van der Waals surface area contributed by atoms with Gasteiger partial charge in [-0.2, -0.15) is 4.31 Å². The van der Waals surface area contributed by atoms with Crippen LogP contribution >= 0.6 is 11.3 Å². The molecule has 4 amide bonds. The molecule has 4 rings (SSSR count). The summed E-state index contributed by atoms with van der Waals surface area (Å²) in [5, 5.41) is 20.3. The number of hydrogen-bond acceptors (Lipinski definition) is 10. The van der Waals surface area contributed by atoms with Gasteiger partial charge in [0.1, 0.15) is 11.7 Å². The quantitative estimate of drug-likeness (QED) is 0.115. The fourth-order valence-electron chi connectivity index (χ4n) is 5.23. The number of amides is 4. The van der Waals surface area contributed by atoms with E-state index in [4.69, 9.17) is 5.73 Å². The number of para-hydroxylation sites is 1. The molecule has 50 heavy (non-hydrogen) atoms. The van der Waals surface area contributed by atoms with Crippen molar-refractivity contribution >= 4 is 61.0 Å². The number of pyridine rings is 1. The maximum Gasteiger partial charge on any atom is 0.270 e. The van der Waals surface area contributed by atoms with Crippen molar-refractivity contribution in [2.75, 3.05) is 18.4 Å². The Labute approximate surface area is 294 Å². The van der Waals surface area contributed by atoms with Crippen molar-refractivity contribution in [3.05, 3.63) is 83.7 Å². The van der Waals surface area contributed by atoms with Gasteiger partial charge in [0.05, 0.1) is 29.8 Å². The number of sulfonamides is 1. The SMILES string of the molecule is CC(=O)Nc1nc(C)c(S(=O)(=O)N(CC(C)C)C[C@@H](O)[C@H](Cc2ccccc2)NC(=O)[C@H](CC(N)=O)NC(=O)c2ccc3ccccc3n2)s1. The number of primary amides is 1.